The van der Waals surface area contributed by atoms with Gasteiger partial charge in [-0.1, -0.05) is 12.1 Å². The van der Waals surface area contributed by atoms with E-state index in [1.165, 1.54) is 0 Å². The molecule has 4 rings (SSSR count). The number of rotatable bonds is 5. The average Bonchev–Trinajstić information content (AvgIpc) is 2.79. The van der Waals surface area contributed by atoms with E-state index < -0.39 is 0 Å². The average molecular weight is 389 g/mol. The Morgan fingerprint density at radius 1 is 0.690 bits per heavy atom. The number of likely N-dealkylation sites (N-methyl/N-ethyl adjacent to an activating group) is 1. The van der Waals surface area contributed by atoms with E-state index in [9.17, 15) is 0 Å². The van der Waals surface area contributed by atoms with Gasteiger partial charge in [-0.2, -0.15) is 0 Å². The fourth-order valence-corrected chi connectivity index (χ4v) is 3.57. The first-order valence-corrected chi connectivity index (χ1v) is 9.91. The predicted octanol–water partition coefficient (Wildman–Crippen LogP) is 4.18. The van der Waals surface area contributed by atoms with Gasteiger partial charge in [0, 0.05) is 31.7 Å². The SMILES string of the molecule is COc1ccc(-c2cc(-c3ccc(OC)cc3)nc(N3CCN(C)CC3)c2)cc1. The van der Waals surface area contributed by atoms with E-state index in [0.29, 0.717) is 0 Å². The van der Waals surface area contributed by atoms with Gasteiger partial charge in [-0.05, 0) is 66.7 Å². The van der Waals surface area contributed by atoms with Gasteiger partial charge >= 0.3 is 0 Å². The van der Waals surface area contributed by atoms with Crippen molar-refractivity contribution in [2.24, 2.45) is 0 Å². The molecule has 0 bridgehead atoms. The van der Waals surface area contributed by atoms with E-state index in [2.05, 4.69) is 53.2 Å². The van der Waals surface area contributed by atoms with Crippen LogP contribution in [0.1, 0.15) is 0 Å². The quantitative estimate of drug-likeness (QED) is 0.654. The topological polar surface area (TPSA) is 37.8 Å². The summed E-state index contributed by atoms with van der Waals surface area (Å²) in [6, 6.07) is 20.6. The highest BCUT2D eigenvalue weighted by Crippen LogP contribution is 2.31. The number of pyridine rings is 1. The van der Waals surface area contributed by atoms with Crippen molar-refractivity contribution in [2.45, 2.75) is 0 Å². The van der Waals surface area contributed by atoms with Gasteiger partial charge in [0.05, 0.1) is 19.9 Å². The van der Waals surface area contributed by atoms with Crippen LogP contribution in [0.2, 0.25) is 0 Å². The maximum absolute atomic E-state index is 5.31. The van der Waals surface area contributed by atoms with Crippen molar-refractivity contribution in [3.05, 3.63) is 60.7 Å². The maximum Gasteiger partial charge on any atom is 0.129 e. The molecule has 2 heterocycles. The number of methoxy groups -OCH3 is 2. The van der Waals surface area contributed by atoms with Crippen LogP contribution in [0.25, 0.3) is 22.4 Å². The fourth-order valence-electron chi connectivity index (χ4n) is 3.57. The number of hydrogen-bond acceptors (Lipinski definition) is 5. The normalized spacial score (nSPS) is 14.7. The Balaban J connectivity index is 1.75. The van der Waals surface area contributed by atoms with E-state index in [1.54, 1.807) is 14.2 Å². The zero-order valence-corrected chi connectivity index (χ0v) is 17.3. The highest BCUT2D eigenvalue weighted by Gasteiger charge is 2.17. The summed E-state index contributed by atoms with van der Waals surface area (Å²) >= 11 is 0. The lowest BCUT2D eigenvalue weighted by molar-refractivity contribution is 0.312. The van der Waals surface area contributed by atoms with Crippen molar-refractivity contribution in [3.63, 3.8) is 0 Å². The second-order valence-corrected chi connectivity index (χ2v) is 7.35. The minimum absolute atomic E-state index is 0.847. The first-order valence-electron chi connectivity index (χ1n) is 9.91. The first-order chi connectivity index (χ1) is 14.2. The third-order valence-electron chi connectivity index (χ3n) is 5.45. The van der Waals surface area contributed by atoms with Gasteiger partial charge in [0.1, 0.15) is 17.3 Å². The molecule has 29 heavy (non-hydrogen) atoms. The number of anilines is 1. The molecule has 0 unspecified atom stereocenters. The Labute approximate surface area is 172 Å². The van der Waals surface area contributed by atoms with Crippen molar-refractivity contribution in [1.29, 1.82) is 0 Å². The molecular weight excluding hydrogens is 362 g/mol. The zero-order chi connectivity index (χ0) is 20.2. The molecule has 1 aromatic heterocycles. The number of nitrogens with zero attached hydrogens (tertiary/aromatic N) is 3. The number of benzene rings is 2. The molecule has 2 aromatic carbocycles. The summed E-state index contributed by atoms with van der Waals surface area (Å²) in [6.45, 7) is 4.06. The second-order valence-electron chi connectivity index (χ2n) is 7.35. The molecule has 0 amide bonds. The number of piperazine rings is 1. The lowest BCUT2D eigenvalue weighted by atomic mass is 10.0. The smallest absolute Gasteiger partial charge is 0.129 e. The van der Waals surface area contributed by atoms with Crippen LogP contribution in [-0.4, -0.2) is 57.3 Å². The molecule has 3 aromatic rings. The third-order valence-corrected chi connectivity index (χ3v) is 5.45. The molecule has 0 atom stereocenters. The largest absolute Gasteiger partial charge is 0.497 e. The Kier molecular flexibility index (Phi) is 5.67. The Hall–Kier alpha value is -3.05. The van der Waals surface area contributed by atoms with E-state index in [4.69, 9.17) is 14.5 Å². The lowest BCUT2D eigenvalue weighted by Crippen LogP contribution is -2.44. The number of hydrogen-bond donors (Lipinski definition) is 0. The summed E-state index contributed by atoms with van der Waals surface area (Å²) in [5, 5.41) is 0. The lowest BCUT2D eigenvalue weighted by Gasteiger charge is -2.33. The summed E-state index contributed by atoms with van der Waals surface area (Å²) in [5.41, 5.74) is 4.35. The standard InChI is InChI=1S/C24H27N3O2/c1-26-12-14-27(15-13-26)24-17-20(18-4-8-21(28-2)9-5-18)16-23(25-24)19-6-10-22(29-3)11-7-19/h4-11,16-17H,12-15H2,1-3H3. The van der Waals surface area contributed by atoms with Crippen molar-refractivity contribution >= 4 is 5.82 Å². The molecule has 5 heteroatoms. The van der Waals surface area contributed by atoms with Crippen molar-refractivity contribution in [1.82, 2.24) is 9.88 Å². The van der Waals surface area contributed by atoms with Crippen LogP contribution in [0.4, 0.5) is 5.82 Å². The second kappa shape index (κ2) is 8.53. The molecule has 150 valence electrons. The Morgan fingerprint density at radius 3 is 1.79 bits per heavy atom. The molecule has 0 spiro atoms. The molecule has 1 fully saturated rings. The minimum Gasteiger partial charge on any atom is -0.497 e. The van der Waals surface area contributed by atoms with Crippen LogP contribution in [0.15, 0.2) is 60.7 Å². The fraction of sp³-hybridized carbons (Fsp3) is 0.292. The monoisotopic (exact) mass is 389 g/mol. The van der Waals surface area contributed by atoms with Gasteiger partial charge < -0.3 is 19.3 Å². The highest BCUT2D eigenvalue weighted by atomic mass is 16.5. The maximum atomic E-state index is 5.31. The van der Waals surface area contributed by atoms with Gasteiger partial charge in [0.2, 0.25) is 0 Å². The van der Waals surface area contributed by atoms with Crippen LogP contribution < -0.4 is 14.4 Å². The van der Waals surface area contributed by atoms with E-state index >= 15 is 0 Å². The molecule has 0 saturated carbocycles. The summed E-state index contributed by atoms with van der Waals surface area (Å²) < 4.78 is 10.6. The Bertz CT molecular complexity index is 881. The molecule has 1 aliphatic rings. The van der Waals surface area contributed by atoms with Gasteiger partial charge in [-0.15, -0.1) is 0 Å². The Morgan fingerprint density at radius 2 is 1.24 bits per heavy atom. The highest BCUT2D eigenvalue weighted by molar-refractivity contribution is 5.74. The minimum atomic E-state index is 0.847. The zero-order valence-electron chi connectivity index (χ0n) is 17.3. The molecular formula is C24H27N3O2. The van der Waals surface area contributed by atoms with Crippen LogP contribution in [-0.2, 0) is 0 Å². The molecule has 0 N–H and O–H groups in total. The number of aromatic nitrogens is 1. The molecule has 1 aliphatic heterocycles. The molecule has 5 nitrogen and oxygen atoms in total. The van der Waals surface area contributed by atoms with Crippen molar-refractivity contribution in [2.75, 3.05) is 52.3 Å². The van der Waals surface area contributed by atoms with Gasteiger partial charge in [-0.3, -0.25) is 0 Å². The van der Waals surface area contributed by atoms with Gasteiger partial charge in [-0.25, -0.2) is 4.98 Å². The van der Waals surface area contributed by atoms with Crippen LogP contribution in [0.3, 0.4) is 0 Å². The van der Waals surface area contributed by atoms with E-state index in [0.717, 1.165) is 65.9 Å². The summed E-state index contributed by atoms with van der Waals surface area (Å²) in [4.78, 5) is 9.74. The van der Waals surface area contributed by atoms with Crippen LogP contribution in [0, 0.1) is 0 Å². The summed E-state index contributed by atoms with van der Waals surface area (Å²) in [7, 11) is 5.54. The van der Waals surface area contributed by atoms with E-state index in [1.807, 2.05) is 24.3 Å². The van der Waals surface area contributed by atoms with Crippen LogP contribution in [0.5, 0.6) is 11.5 Å². The predicted molar refractivity (Wildman–Crippen MR) is 118 cm³/mol. The number of ether oxygens (including phenoxy) is 2. The van der Waals surface area contributed by atoms with Crippen LogP contribution >= 0.6 is 0 Å². The van der Waals surface area contributed by atoms with E-state index in [-0.39, 0.29) is 0 Å². The van der Waals surface area contributed by atoms with Gasteiger partial charge in [0.15, 0.2) is 0 Å². The molecule has 0 aliphatic carbocycles. The molecule has 1 saturated heterocycles. The first kappa shape index (κ1) is 19.3. The summed E-state index contributed by atoms with van der Waals surface area (Å²) in [6.07, 6.45) is 0. The third kappa shape index (κ3) is 4.35. The van der Waals surface area contributed by atoms with Gasteiger partial charge in [0.25, 0.3) is 0 Å². The molecule has 0 radical (unpaired) electrons. The van der Waals surface area contributed by atoms with Crippen molar-refractivity contribution < 1.29 is 9.47 Å². The summed E-state index contributed by atoms with van der Waals surface area (Å²) in [5.74, 6) is 2.73. The van der Waals surface area contributed by atoms with Crippen molar-refractivity contribution in [3.8, 4) is 33.9 Å².